The number of nitrogens with zero attached hydrogens (tertiary/aromatic N) is 5. The van der Waals surface area contributed by atoms with Gasteiger partial charge < -0.3 is 34.4 Å². The molecular weight excluding hydrogens is 544 g/mol. The molecule has 14 nitrogen and oxygen atoms in total. The summed E-state index contributed by atoms with van der Waals surface area (Å²) in [5.41, 5.74) is 3.20. The van der Waals surface area contributed by atoms with Gasteiger partial charge in [0, 0.05) is 18.2 Å². The number of nitrogens with one attached hydrogen (secondary N) is 3. The van der Waals surface area contributed by atoms with Crippen molar-refractivity contribution in [3.05, 3.63) is 65.8 Å². The van der Waals surface area contributed by atoms with Gasteiger partial charge in [0.1, 0.15) is 35.0 Å². The van der Waals surface area contributed by atoms with Gasteiger partial charge in [0.15, 0.2) is 23.1 Å². The van der Waals surface area contributed by atoms with Crippen molar-refractivity contribution in [2.45, 2.75) is 13.1 Å². The Bertz CT molecular complexity index is 1740. The third-order valence-corrected chi connectivity index (χ3v) is 6.76. The third-order valence-electron chi connectivity index (χ3n) is 6.76. The molecule has 3 N–H and O–H groups in total. The second-order valence-electron chi connectivity index (χ2n) is 9.23. The predicted octanol–water partition coefficient (Wildman–Crippen LogP) is 2.92. The Morgan fingerprint density at radius 2 is 1.86 bits per heavy atom. The van der Waals surface area contributed by atoms with Gasteiger partial charge in [-0.1, -0.05) is 17.3 Å². The summed E-state index contributed by atoms with van der Waals surface area (Å²) in [6, 6.07) is 12.7. The molecule has 6 rings (SSSR count). The van der Waals surface area contributed by atoms with Crippen molar-refractivity contribution in [3.63, 3.8) is 0 Å². The molecule has 214 valence electrons. The number of aromatic nitrogens is 5. The third kappa shape index (κ3) is 4.89. The number of hydrogen-bond acceptors (Lipinski definition) is 11. The zero-order valence-corrected chi connectivity index (χ0v) is 22.9. The first-order valence-electron chi connectivity index (χ1n) is 12.9. The Labute approximate surface area is 239 Å². The van der Waals surface area contributed by atoms with Crippen molar-refractivity contribution in [3.8, 4) is 28.8 Å². The van der Waals surface area contributed by atoms with Crippen molar-refractivity contribution < 1.29 is 28.3 Å². The Balaban J connectivity index is 1.21. The predicted molar refractivity (Wildman–Crippen MR) is 151 cm³/mol. The fourth-order valence-corrected chi connectivity index (χ4v) is 4.68. The van der Waals surface area contributed by atoms with Gasteiger partial charge in [-0.2, -0.15) is 0 Å². The molecule has 3 aromatic heterocycles. The maximum absolute atomic E-state index is 13.2. The molecule has 5 aromatic rings. The molecule has 4 heterocycles. The molecule has 1 aliphatic rings. The van der Waals surface area contributed by atoms with Crippen molar-refractivity contribution >= 4 is 34.4 Å². The lowest BCUT2D eigenvalue weighted by atomic mass is 10.1. The van der Waals surface area contributed by atoms with Crippen molar-refractivity contribution in [1.29, 1.82) is 0 Å². The van der Waals surface area contributed by atoms with Crippen LogP contribution in [0, 0.1) is 0 Å². The smallest absolute Gasteiger partial charge is 0.272 e. The van der Waals surface area contributed by atoms with Crippen LogP contribution in [0.3, 0.4) is 0 Å². The quantitative estimate of drug-likeness (QED) is 0.238. The van der Waals surface area contributed by atoms with Gasteiger partial charge in [-0.15, -0.1) is 0 Å². The number of carbonyl (C=O) groups is 2. The summed E-state index contributed by atoms with van der Waals surface area (Å²) in [5, 5.41) is 9.84. The van der Waals surface area contributed by atoms with Gasteiger partial charge >= 0.3 is 0 Å². The molecule has 0 radical (unpaired) electrons. The minimum Gasteiger partial charge on any atom is -0.496 e. The number of H-pyrrole nitrogens is 1. The Kier molecular flexibility index (Phi) is 7.00. The average molecular weight is 571 g/mol. The highest BCUT2D eigenvalue weighted by atomic mass is 16.5. The van der Waals surface area contributed by atoms with Crippen LogP contribution in [0.4, 0.5) is 11.5 Å². The van der Waals surface area contributed by atoms with E-state index in [2.05, 4.69) is 35.7 Å². The molecule has 0 atom stereocenters. The fourth-order valence-electron chi connectivity index (χ4n) is 4.68. The SMILES string of the molecule is COc1cc(OC)c(CN2C(=O)CNc3c(C(=O)NCc4cc(-c5nc6ccccc6[nH]5)no4)ncnc32)c(OC)c1. The van der Waals surface area contributed by atoms with E-state index in [1.807, 2.05) is 24.3 Å². The molecule has 0 saturated heterocycles. The van der Waals surface area contributed by atoms with Crippen LogP contribution in [0.2, 0.25) is 0 Å². The second-order valence-corrected chi connectivity index (χ2v) is 9.23. The molecule has 14 heteroatoms. The van der Waals surface area contributed by atoms with E-state index < -0.39 is 5.91 Å². The number of fused-ring (bicyclic) bond motifs is 2. The first kappa shape index (κ1) is 26.6. The molecule has 2 amide bonds. The highest BCUT2D eigenvalue weighted by molar-refractivity contribution is 6.07. The molecule has 2 aromatic carbocycles. The normalized spacial score (nSPS) is 12.5. The van der Waals surface area contributed by atoms with Crippen LogP contribution >= 0.6 is 0 Å². The van der Waals surface area contributed by atoms with Crippen molar-refractivity contribution in [1.82, 2.24) is 30.4 Å². The number of carbonyl (C=O) groups excluding carboxylic acids is 2. The zero-order valence-electron chi connectivity index (χ0n) is 22.9. The van der Waals surface area contributed by atoms with Gasteiger partial charge in [0.05, 0.1) is 57.6 Å². The van der Waals surface area contributed by atoms with Gasteiger partial charge in [0.2, 0.25) is 5.91 Å². The van der Waals surface area contributed by atoms with E-state index in [1.165, 1.54) is 32.6 Å². The second kappa shape index (κ2) is 11.1. The van der Waals surface area contributed by atoms with E-state index in [-0.39, 0.29) is 37.1 Å². The summed E-state index contributed by atoms with van der Waals surface area (Å²) in [5.74, 6) is 1.96. The number of hydrogen-bond donors (Lipinski definition) is 3. The highest BCUT2D eigenvalue weighted by Crippen LogP contribution is 2.38. The summed E-state index contributed by atoms with van der Waals surface area (Å²) in [4.78, 5) is 43.9. The number of aromatic amines is 1. The molecule has 0 unspecified atom stereocenters. The highest BCUT2D eigenvalue weighted by Gasteiger charge is 2.31. The molecule has 0 fully saturated rings. The summed E-state index contributed by atoms with van der Waals surface area (Å²) in [6.07, 6.45) is 1.23. The summed E-state index contributed by atoms with van der Waals surface area (Å²) in [7, 11) is 4.57. The monoisotopic (exact) mass is 570 g/mol. The number of rotatable bonds is 9. The number of ether oxygens (including phenoxy) is 3. The Hall–Kier alpha value is -5.66. The van der Waals surface area contributed by atoms with Gasteiger partial charge in [-0.3, -0.25) is 14.5 Å². The lowest BCUT2D eigenvalue weighted by Gasteiger charge is -2.30. The molecular formula is C28H26N8O6. The van der Waals surface area contributed by atoms with E-state index in [9.17, 15) is 9.59 Å². The maximum atomic E-state index is 13.2. The van der Waals surface area contributed by atoms with E-state index >= 15 is 0 Å². The number of methoxy groups -OCH3 is 3. The first-order valence-corrected chi connectivity index (χ1v) is 12.9. The van der Waals surface area contributed by atoms with E-state index in [0.717, 1.165) is 11.0 Å². The number of benzene rings is 2. The van der Waals surface area contributed by atoms with Gasteiger partial charge in [0.25, 0.3) is 5.91 Å². The molecule has 0 aliphatic carbocycles. The topological polar surface area (TPSA) is 170 Å². The Morgan fingerprint density at radius 1 is 1.07 bits per heavy atom. The molecule has 0 spiro atoms. The fraction of sp³-hybridized carbons (Fsp3) is 0.214. The van der Waals surface area contributed by atoms with Crippen LogP contribution in [0.1, 0.15) is 21.8 Å². The number of para-hydroxylation sites is 2. The lowest BCUT2D eigenvalue weighted by Crippen LogP contribution is -2.41. The number of amides is 2. The Morgan fingerprint density at radius 3 is 2.60 bits per heavy atom. The van der Waals surface area contributed by atoms with Gasteiger partial charge in [-0.25, -0.2) is 15.0 Å². The van der Waals surface area contributed by atoms with Crippen LogP contribution in [0.15, 0.2) is 53.3 Å². The minimum atomic E-state index is -0.489. The van der Waals surface area contributed by atoms with Crippen LogP contribution in [0.25, 0.3) is 22.6 Å². The van der Waals surface area contributed by atoms with E-state index in [0.29, 0.717) is 45.8 Å². The standard InChI is InChI=1S/C28H26N8O6/c1-39-15-9-21(40-2)17(22(10-15)41-3)13-36-23(37)12-29-24-25(31-14-32-27(24)36)28(38)30-11-16-8-20(35-42-16)26-33-18-6-4-5-7-19(18)34-26/h4-10,14,29H,11-13H2,1-3H3,(H,30,38)(H,33,34). The number of anilines is 2. The molecule has 0 saturated carbocycles. The number of imidazole rings is 1. The van der Waals surface area contributed by atoms with Crippen molar-refractivity contribution in [2.24, 2.45) is 0 Å². The minimum absolute atomic E-state index is 0.0493. The lowest BCUT2D eigenvalue weighted by molar-refractivity contribution is -0.117. The molecule has 42 heavy (non-hydrogen) atoms. The van der Waals surface area contributed by atoms with Crippen LogP contribution in [-0.4, -0.2) is 64.8 Å². The molecule has 0 bridgehead atoms. The average Bonchev–Trinajstić information content (AvgIpc) is 3.68. The van der Waals surface area contributed by atoms with Crippen LogP contribution < -0.4 is 29.7 Å². The maximum Gasteiger partial charge on any atom is 0.272 e. The van der Waals surface area contributed by atoms with E-state index in [4.69, 9.17) is 18.7 Å². The summed E-state index contributed by atoms with van der Waals surface area (Å²) >= 11 is 0. The van der Waals surface area contributed by atoms with Crippen LogP contribution in [0.5, 0.6) is 17.2 Å². The van der Waals surface area contributed by atoms with Crippen molar-refractivity contribution in [2.75, 3.05) is 38.1 Å². The van der Waals surface area contributed by atoms with Crippen LogP contribution in [-0.2, 0) is 17.9 Å². The zero-order chi connectivity index (χ0) is 29.2. The first-order chi connectivity index (χ1) is 20.5. The summed E-state index contributed by atoms with van der Waals surface area (Å²) in [6.45, 7) is 0.0582. The van der Waals surface area contributed by atoms with Gasteiger partial charge in [-0.05, 0) is 12.1 Å². The largest absolute Gasteiger partial charge is 0.496 e. The van der Waals surface area contributed by atoms with E-state index in [1.54, 1.807) is 18.2 Å². The summed E-state index contributed by atoms with van der Waals surface area (Å²) < 4.78 is 21.8. The molecule has 1 aliphatic heterocycles.